The molecule has 2 fully saturated rings. The first kappa shape index (κ1) is 21.0. The number of nitrogens with one attached hydrogen (secondary N) is 1. The summed E-state index contributed by atoms with van der Waals surface area (Å²) < 4.78 is 0. The molecule has 2 heterocycles. The fourth-order valence-corrected chi connectivity index (χ4v) is 3.82. The van der Waals surface area contributed by atoms with Crippen molar-refractivity contribution in [3.05, 3.63) is 34.9 Å². The number of amides is 2. The van der Waals surface area contributed by atoms with Crippen LogP contribution in [0.5, 0.6) is 0 Å². The lowest BCUT2D eigenvalue weighted by molar-refractivity contribution is -0.145. The Morgan fingerprint density at radius 2 is 2.04 bits per heavy atom. The molecular weight excluding hydrogens is 373 g/mol. The van der Waals surface area contributed by atoms with Gasteiger partial charge in [0.05, 0.1) is 6.42 Å². The van der Waals surface area contributed by atoms with E-state index in [1.807, 2.05) is 41.8 Å². The molecule has 0 bridgehead atoms. The maximum atomic E-state index is 12.7. The molecule has 0 spiro atoms. The summed E-state index contributed by atoms with van der Waals surface area (Å²) in [4.78, 5) is 29.1. The van der Waals surface area contributed by atoms with E-state index in [1.54, 1.807) is 6.07 Å². The molecule has 2 amide bonds. The zero-order valence-electron chi connectivity index (χ0n) is 15.3. The Labute approximate surface area is 166 Å². The molecule has 2 saturated heterocycles. The van der Waals surface area contributed by atoms with Crippen molar-refractivity contribution in [2.75, 3.05) is 32.7 Å². The Bertz CT molecular complexity index is 651. The molecule has 1 aromatic carbocycles. The number of piperazine rings is 1. The molecule has 144 valence electrons. The van der Waals surface area contributed by atoms with E-state index in [-0.39, 0.29) is 36.2 Å². The molecular formula is C19H27Cl2N3O2. The maximum Gasteiger partial charge on any atom is 0.227 e. The van der Waals surface area contributed by atoms with Crippen molar-refractivity contribution in [2.24, 2.45) is 11.8 Å². The van der Waals surface area contributed by atoms with Gasteiger partial charge in [0.1, 0.15) is 0 Å². The first-order valence-electron chi connectivity index (χ1n) is 8.99. The average Bonchev–Trinajstić information content (AvgIpc) is 2.52. The second kappa shape index (κ2) is 9.07. The van der Waals surface area contributed by atoms with E-state index in [9.17, 15) is 9.59 Å². The predicted molar refractivity (Wildman–Crippen MR) is 106 cm³/mol. The summed E-state index contributed by atoms with van der Waals surface area (Å²) in [5, 5.41) is 3.87. The highest BCUT2D eigenvalue weighted by molar-refractivity contribution is 6.30. The van der Waals surface area contributed by atoms with E-state index >= 15 is 0 Å². The summed E-state index contributed by atoms with van der Waals surface area (Å²) in [5.41, 5.74) is 0.925. The molecule has 2 aliphatic rings. The van der Waals surface area contributed by atoms with E-state index in [0.717, 1.165) is 18.7 Å². The van der Waals surface area contributed by atoms with Gasteiger partial charge in [0.2, 0.25) is 11.8 Å². The van der Waals surface area contributed by atoms with Crippen molar-refractivity contribution in [3.8, 4) is 0 Å². The quantitative estimate of drug-likeness (QED) is 0.844. The van der Waals surface area contributed by atoms with Gasteiger partial charge < -0.3 is 15.1 Å². The van der Waals surface area contributed by atoms with Gasteiger partial charge in [0.25, 0.3) is 0 Å². The van der Waals surface area contributed by atoms with Crippen LogP contribution in [0.3, 0.4) is 0 Å². The predicted octanol–water partition coefficient (Wildman–Crippen LogP) is 2.22. The van der Waals surface area contributed by atoms with Gasteiger partial charge in [0.15, 0.2) is 0 Å². The van der Waals surface area contributed by atoms with Crippen molar-refractivity contribution in [1.82, 2.24) is 15.1 Å². The van der Waals surface area contributed by atoms with E-state index in [0.29, 0.717) is 37.0 Å². The lowest BCUT2D eigenvalue weighted by Gasteiger charge is -2.42. The van der Waals surface area contributed by atoms with Crippen LogP contribution in [0.25, 0.3) is 0 Å². The molecule has 2 aliphatic heterocycles. The molecule has 0 aromatic heterocycles. The molecule has 0 aliphatic carbocycles. The standard InChI is InChI=1S/C19H26ClN3O2.ClH/c1-13-12-22(19(25)14(2)16-10-21-11-16)6-7-23(13)18(24)9-15-4-3-5-17(20)8-15;/h3-5,8,13-14,16,21H,6-7,9-12H2,1-2H3;1H. The fraction of sp³-hybridized carbons (Fsp3) is 0.579. The molecule has 1 aromatic rings. The molecule has 3 rings (SSSR count). The number of rotatable bonds is 4. The van der Waals surface area contributed by atoms with Crippen LogP contribution in [0, 0.1) is 11.8 Å². The summed E-state index contributed by atoms with van der Waals surface area (Å²) in [5.74, 6) is 0.825. The van der Waals surface area contributed by atoms with Crippen LogP contribution in [0.2, 0.25) is 5.02 Å². The minimum atomic E-state index is 0. The molecule has 7 heteroatoms. The number of benzene rings is 1. The number of carbonyl (C=O) groups is 2. The van der Waals surface area contributed by atoms with Gasteiger partial charge >= 0.3 is 0 Å². The molecule has 5 nitrogen and oxygen atoms in total. The van der Waals surface area contributed by atoms with Crippen LogP contribution < -0.4 is 5.32 Å². The number of nitrogens with zero attached hydrogens (tertiary/aromatic N) is 2. The monoisotopic (exact) mass is 399 g/mol. The van der Waals surface area contributed by atoms with E-state index in [4.69, 9.17) is 11.6 Å². The Kier molecular flexibility index (Phi) is 7.33. The van der Waals surface area contributed by atoms with Gasteiger partial charge in [-0.3, -0.25) is 9.59 Å². The summed E-state index contributed by atoms with van der Waals surface area (Å²) >= 11 is 6.00. The molecule has 2 unspecified atom stereocenters. The minimum Gasteiger partial charge on any atom is -0.339 e. The first-order chi connectivity index (χ1) is 12.0. The second-order valence-electron chi connectivity index (χ2n) is 7.23. The van der Waals surface area contributed by atoms with Gasteiger partial charge in [-0.2, -0.15) is 0 Å². The van der Waals surface area contributed by atoms with Crippen LogP contribution in [0.15, 0.2) is 24.3 Å². The maximum absolute atomic E-state index is 12.7. The van der Waals surface area contributed by atoms with Crippen LogP contribution in [-0.2, 0) is 16.0 Å². The minimum absolute atomic E-state index is 0. The summed E-state index contributed by atoms with van der Waals surface area (Å²) in [6, 6.07) is 7.46. The van der Waals surface area contributed by atoms with Crippen LogP contribution in [-0.4, -0.2) is 60.4 Å². The summed E-state index contributed by atoms with van der Waals surface area (Å²) in [6.45, 7) is 7.74. The highest BCUT2D eigenvalue weighted by atomic mass is 35.5. The highest BCUT2D eigenvalue weighted by Gasteiger charge is 2.35. The second-order valence-corrected chi connectivity index (χ2v) is 7.67. The van der Waals surface area contributed by atoms with Gasteiger partial charge in [-0.25, -0.2) is 0 Å². The van der Waals surface area contributed by atoms with Crippen LogP contribution >= 0.6 is 24.0 Å². The SMILES string of the molecule is CC(C(=O)N1CCN(C(=O)Cc2cccc(Cl)c2)C(C)C1)C1CNC1.Cl. The van der Waals surface area contributed by atoms with Crippen molar-refractivity contribution >= 4 is 35.8 Å². The smallest absolute Gasteiger partial charge is 0.227 e. The zero-order valence-corrected chi connectivity index (χ0v) is 16.9. The van der Waals surface area contributed by atoms with Gasteiger partial charge in [-0.05, 0) is 43.6 Å². The third-order valence-electron chi connectivity index (χ3n) is 5.41. The third kappa shape index (κ3) is 4.70. The molecule has 2 atom stereocenters. The Morgan fingerprint density at radius 1 is 1.31 bits per heavy atom. The lowest BCUT2D eigenvalue weighted by Crippen LogP contribution is -2.58. The average molecular weight is 400 g/mol. The molecule has 1 N–H and O–H groups in total. The molecule has 0 radical (unpaired) electrons. The number of hydrogen-bond acceptors (Lipinski definition) is 3. The van der Waals surface area contributed by atoms with Crippen molar-refractivity contribution in [1.29, 1.82) is 0 Å². The van der Waals surface area contributed by atoms with E-state index in [1.165, 1.54) is 0 Å². The van der Waals surface area contributed by atoms with Crippen molar-refractivity contribution < 1.29 is 9.59 Å². The van der Waals surface area contributed by atoms with Crippen LogP contribution in [0.4, 0.5) is 0 Å². The lowest BCUT2D eigenvalue weighted by atomic mass is 9.87. The highest BCUT2D eigenvalue weighted by Crippen LogP contribution is 2.21. The topological polar surface area (TPSA) is 52.7 Å². The Morgan fingerprint density at radius 3 is 2.62 bits per heavy atom. The van der Waals surface area contributed by atoms with E-state index in [2.05, 4.69) is 5.32 Å². The molecule has 0 saturated carbocycles. The Balaban J connectivity index is 0.00000243. The number of hydrogen-bond donors (Lipinski definition) is 1. The van der Waals surface area contributed by atoms with Crippen molar-refractivity contribution in [3.63, 3.8) is 0 Å². The van der Waals surface area contributed by atoms with Gasteiger partial charge in [-0.15, -0.1) is 12.4 Å². The fourth-order valence-electron chi connectivity index (χ4n) is 3.61. The largest absolute Gasteiger partial charge is 0.339 e. The first-order valence-corrected chi connectivity index (χ1v) is 9.37. The summed E-state index contributed by atoms with van der Waals surface area (Å²) in [6.07, 6.45) is 0.350. The number of halogens is 2. The van der Waals surface area contributed by atoms with Crippen LogP contribution in [0.1, 0.15) is 19.4 Å². The normalized spacial score (nSPS) is 21.6. The number of carbonyl (C=O) groups excluding carboxylic acids is 2. The van der Waals surface area contributed by atoms with Gasteiger partial charge in [-0.1, -0.05) is 30.7 Å². The van der Waals surface area contributed by atoms with Gasteiger partial charge in [0, 0.05) is 36.6 Å². The van der Waals surface area contributed by atoms with Crippen molar-refractivity contribution in [2.45, 2.75) is 26.3 Å². The Hall–Kier alpha value is -1.30. The zero-order chi connectivity index (χ0) is 18.0. The summed E-state index contributed by atoms with van der Waals surface area (Å²) in [7, 11) is 0. The molecule has 26 heavy (non-hydrogen) atoms. The third-order valence-corrected chi connectivity index (χ3v) is 5.65. The van der Waals surface area contributed by atoms with E-state index < -0.39 is 0 Å².